The summed E-state index contributed by atoms with van der Waals surface area (Å²) in [6, 6.07) is 0. The molecule has 0 radical (unpaired) electrons. The molecule has 0 aromatic carbocycles. The molecule has 1 aliphatic heterocycles. The molecule has 4 N–H and O–H groups in total. The van der Waals surface area contributed by atoms with Crippen molar-refractivity contribution < 1.29 is 109 Å². The Labute approximate surface area is 208 Å². The SMILES string of the molecule is O=C(O)C1O[C@@H](OCCC(F)(F)C(F)(F)C(F)(F)C(F)(F)C(F)(F)C(F)(F)C(F)(F)C(F)(F)F)C(O)C(O)[C@H]1O. The number of alkyl halides is 17. The molecular formula is C16H13F17O7. The van der Waals surface area contributed by atoms with Crippen LogP contribution < -0.4 is 0 Å². The molecule has 1 heterocycles. The van der Waals surface area contributed by atoms with Crippen LogP contribution in [0.3, 0.4) is 0 Å². The summed E-state index contributed by atoms with van der Waals surface area (Å²) in [5, 5.41) is 37.1. The minimum atomic E-state index is -8.78. The van der Waals surface area contributed by atoms with Crippen molar-refractivity contribution in [3.63, 3.8) is 0 Å². The Kier molecular flexibility index (Phi) is 9.40. The van der Waals surface area contributed by atoms with Crippen molar-refractivity contribution in [1.29, 1.82) is 0 Å². The molecule has 1 fully saturated rings. The highest BCUT2D eigenvalue weighted by Gasteiger charge is 2.95. The van der Waals surface area contributed by atoms with Gasteiger partial charge in [-0.3, -0.25) is 0 Å². The molecule has 0 aliphatic carbocycles. The average molecular weight is 640 g/mol. The average Bonchev–Trinajstić information content (AvgIpc) is 2.77. The van der Waals surface area contributed by atoms with E-state index in [-0.39, 0.29) is 0 Å². The molecule has 1 rings (SSSR count). The van der Waals surface area contributed by atoms with Crippen LogP contribution in [-0.2, 0) is 14.3 Å². The molecule has 3 unspecified atom stereocenters. The number of ether oxygens (including phenoxy) is 2. The third-order valence-corrected chi connectivity index (χ3v) is 5.30. The molecule has 24 heteroatoms. The number of carbonyl (C=O) groups is 1. The number of halogens is 17. The van der Waals surface area contributed by atoms with E-state index in [1.807, 2.05) is 0 Å². The van der Waals surface area contributed by atoms with Gasteiger partial charge in [0, 0.05) is 6.42 Å². The molecule has 0 aromatic heterocycles. The second kappa shape index (κ2) is 10.4. The topological polar surface area (TPSA) is 116 Å². The maximum absolute atomic E-state index is 13.8. The van der Waals surface area contributed by atoms with Gasteiger partial charge in [-0.2, -0.15) is 74.6 Å². The summed E-state index contributed by atoms with van der Waals surface area (Å²) in [5.74, 6) is -59.8. The molecule has 0 aromatic rings. The van der Waals surface area contributed by atoms with Crippen LogP contribution >= 0.6 is 0 Å². The predicted octanol–water partition coefficient (Wildman–Crippen LogP) is 3.29. The minimum absolute atomic E-state index is 2.13. The lowest BCUT2D eigenvalue weighted by Gasteiger charge is -2.43. The Morgan fingerprint density at radius 2 is 0.975 bits per heavy atom. The summed E-state index contributed by atoms with van der Waals surface area (Å²) >= 11 is 0. The summed E-state index contributed by atoms with van der Waals surface area (Å²) in [7, 11) is 0. The monoisotopic (exact) mass is 640 g/mol. The number of hydrogen-bond donors (Lipinski definition) is 4. The zero-order valence-corrected chi connectivity index (χ0v) is 18.2. The second-order valence-electron chi connectivity index (χ2n) is 8.00. The number of hydrogen-bond acceptors (Lipinski definition) is 6. The lowest BCUT2D eigenvalue weighted by molar-refractivity contribution is -0.462. The third kappa shape index (κ3) is 5.24. The van der Waals surface area contributed by atoms with Crippen LogP contribution in [0.2, 0.25) is 0 Å². The summed E-state index contributed by atoms with van der Waals surface area (Å²) < 4.78 is 233. The highest BCUT2D eigenvalue weighted by molar-refractivity contribution is 5.73. The number of carboxylic acid groups (broad SMARTS) is 1. The number of rotatable bonds is 11. The molecule has 1 aliphatic rings. The van der Waals surface area contributed by atoms with Crippen LogP contribution in [-0.4, -0.2) is 111 Å². The second-order valence-corrected chi connectivity index (χ2v) is 8.00. The lowest BCUT2D eigenvalue weighted by atomic mass is 9.88. The van der Waals surface area contributed by atoms with Gasteiger partial charge in [0.05, 0.1) is 6.61 Å². The Morgan fingerprint density at radius 3 is 1.35 bits per heavy atom. The molecule has 40 heavy (non-hydrogen) atoms. The summed E-state index contributed by atoms with van der Waals surface area (Å²) in [5.41, 5.74) is 0. The fourth-order valence-electron chi connectivity index (χ4n) is 2.85. The molecule has 5 atom stereocenters. The highest BCUT2D eigenvalue weighted by atomic mass is 19.4. The van der Waals surface area contributed by atoms with Crippen LogP contribution in [0.4, 0.5) is 74.6 Å². The summed E-state index contributed by atoms with van der Waals surface area (Å²) in [6.45, 7) is -2.22. The largest absolute Gasteiger partial charge is 0.479 e. The van der Waals surface area contributed by atoms with Crippen LogP contribution in [0.15, 0.2) is 0 Å². The van der Waals surface area contributed by atoms with Gasteiger partial charge in [0.1, 0.15) is 18.3 Å². The van der Waals surface area contributed by atoms with E-state index < -0.39 is 97.3 Å². The first-order valence-corrected chi connectivity index (χ1v) is 9.64. The van der Waals surface area contributed by atoms with Gasteiger partial charge < -0.3 is 29.9 Å². The van der Waals surface area contributed by atoms with E-state index >= 15 is 0 Å². The normalized spacial score (nSPS) is 26.6. The van der Waals surface area contributed by atoms with Crippen LogP contribution in [0.5, 0.6) is 0 Å². The Balaban J connectivity index is 3.28. The van der Waals surface area contributed by atoms with E-state index in [4.69, 9.17) is 5.11 Å². The fourth-order valence-corrected chi connectivity index (χ4v) is 2.85. The van der Waals surface area contributed by atoms with Crippen LogP contribution in [0, 0.1) is 0 Å². The first kappa shape index (κ1) is 36.1. The predicted molar refractivity (Wildman–Crippen MR) is 85.6 cm³/mol. The third-order valence-electron chi connectivity index (χ3n) is 5.30. The van der Waals surface area contributed by atoms with Crippen LogP contribution in [0.25, 0.3) is 0 Å². The van der Waals surface area contributed by atoms with Crippen molar-refractivity contribution in [2.24, 2.45) is 0 Å². The number of aliphatic carboxylic acids is 1. The molecule has 1 saturated heterocycles. The van der Waals surface area contributed by atoms with Gasteiger partial charge in [0.15, 0.2) is 12.4 Å². The van der Waals surface area contributed by atoms with E-state index in [9.17, 15) is 94.8 Å². The Hall–Kier alpha value is -1.92. The van der Waals surface area contributed by atoms with Gasteiger partial charge in [0.2, 0.25) is 0 Å². The van der Waals surface area contributed by atoms with Crippen molar-refractivity contribution >= 4 is 5.97 Å². The molecular weight excluding hydrogens is 627 g/mol. The van der Waals surface area contributed by atoms with Crippen molar-refractivity contribution in [2.45, 2.75) is 84.8 Å². The number of aliphatic hydroxyl groups excluding tert-OH is 3. The van der Waals surface area contributed by atoms with Gasteiger partial charge >= 0.3 is 53.6 Å². The quantitative estimate of drug-likeness (QED) is 0.257. The van der Waals surface area contributed by atoms with Gasteiger partial charge in [0.25, 0.3) is 0 Å². The van der Waals surface area contributed by atoms with Gasteiger partial charge in [-0.1, -0.05) is 0 Å². The number of aliphatic hydroxyl groups is 3. The van der Waals surface area contributed by atoms with Gasteiger partial charge in [-0.15, -0.1) is 0 Å². The smallest absolute Gasteiger partial charge is 0.460 e. The molecule has 7 nitrogen and oxygen atoms in total. The van der Waals surface area contributed by atoms with Crippen molar-refractivity contribution in [2.75, 3.05) is 6.61 Å². The minimum Gasteiger partial charge on any atom is -0.479 e. The van der Waals surface area contributed by atoms with Crippen LogP contribution in [0.1, 0.15) is 6.42 Å². The first-order valence-electron chi connectivity index (χ1n) is 9.64. The Morgan fingerprint density at radius 1 is 0.600 bits per heavy atom. The maximum Gasteiger partial charge on any atom is 0.460 e. The van der Waals surface area contributed by atoms with E-state index in [2.05, 4.69) is 9.47 Å². The zero-order valence-electron chi connectivity index (χ0n) is 18.2. The van der Waals surface area contributed by atoms with Gasteiger partial charge in [-0.25, -0.2) is 4.79 Å². The van der Waals surface area contributed by atoms with E-state index in [0.717, 1.165) is 0 Å². The molecule has 0 spiro atoms. The zero-order chi connectivity index (χ0) is 32.3. The highest BCUT2D eigenvalue weighted by Crippen LogP contribution is 2.64. The maximum atomic E-state index is 13.8. The van der Waals surface area contributed by atoms with E-state index in [1.165, 1.54) is 0 Å². The standard InChI is InChI=1S/C16H13F17O7/c17-9(18,1-2-39-8-5(36)3(34)4(35)6(40-8)7(37)38)10(19,20)11(21,22)12(23,24)13(25,26)14(27,28)15(29,30)16(31,32)33/h3-6,8,34-36H,1-2H2,(H,37,38)/t3?,4-,5?,6?,8-/m1/s1. The molecule has 0 bridgehead atoms. The molecule has 238 valence electrons. The van der Waals surface area contributed by atoms with Crippen molar-refractivity contribution in [3.05, 3.63) is 0 Å². The molecule has 0 saturated carbocycles. The fraction of sp³-hybridized carbons (Fsp3) is 0.938. The first-order chi connectivity index (χ1) is 17.4. The Bertz CT molecular complexity index is 922. The summed E-state index contributed by atoms with van der Waals surface area (Å²) in [4.78, 5) is 10.9. The van der Waals surface area contributed by atoms with Crippen molar-refractivity contribution in [1.82, 2.24) is 0 Å². The van der Waals surface area contributed by atoms with Crippen molar-refractivity contribution in [3.8, 4) is 0 Å². The number of carboxylic acids is 1. The summed E-state index contributed by atoms with van der Waals surface area (Å²) in [6.07, 6.45) is -23.7. The molecule has 0 amide bonds. The van der Waals surface area contributed by atoms with E-state index in [1.54, 1.807) is 0 Å². The van der Waals surface area contributed by atoms with Gasteiger partial charge in [-0.05, 0) is 0 Å². The lowest BCUT2D eigenvalue weighted by Crippen LogP contribution is -2.74. The van der Waals surface area contributed by atoms with E-state index in [0.29, 0.717) is 0 Å².